The number of carbonyl (C=O) groups excluding carboxylic acids is 1. The van der Waals surface area contributed by atoms with E-state index in [0.29, 0.717) is 0 Å². The minimum atomic E-state index is -1.04. The van der Waals surface area contributed by atoms with Gasteiger partial charge in [-0.3, -0.25) is 4.90 Å². The number of ether oxygens (including phenoxy) is 1. The van der Waals surface area contributed by atoms with Crippen LogP contribution in [0.5, 0.6) is 0 Å². The molecule has 1 aromatic carbocycles. The number of nitrogens with zero attached hydrogens (tertiary/aromatic N) is 1. The molecular weight excluding hydrogens is 326 g/mol. The van der Waals surface area contributed by atoms with Gasteiger partial charge in [0.05, 0.1) is 6.54 Å². The molecule has 1 fully saturated rings. The summed E-state index contributed by atoms with van der Waals surface area (Å²) in [6.45, 7) is 3.91. The molecular formula is C14H16BrNO4. The van der Waals surface area contributed by atoms with Gasteiger partial charge in [-0.2, -0.15) is 0 Å². The van der Waals surface area contributed by atoms with Crippen LogP contribution in [0.2, 0.25) is 0 Å². The van der Waals surface area contributed by atoms with E-state index in [9.17, 15) is 14.7 Å². The Morgan fingerprint density at radius 3 is 2.75 bits per heavy atom. The van der Waals surface area contributed by atoms with Crippen LogP contribution in [0.3, 0.4) is 0 Å². The number of hydrogen-bond acceptors (Lipinski definition) is 3. The van der Waals surface area contributed by atoms with Gasteiger partial charge in [-0.1, -0.05) is 41.9 Å². The fourth-order valence-electron chi connectivity index (χ4n) is 2.31. The normalized spacial score (nSPS) is 22.2. The molecule has 20 heavy (non-hydrogen) atoms. The molecule has 2 atom stereocenters. The maximum atomic E-state index is 11.9. The van der Waals surface area contributed by atoms with Gasteiger partial charge in [0.2, 0.25) is 0 Å². The Hall–Kier alpha value is -1.56. The predicted molar refractivity (Wildman–Crippen MR) is 76.2 cm³/mol. The van der Waals surface area contributed by atoms with Crippen LogP contribution in [-0.4, -0.2) is 34.2 Å². The number of cyclic esters (lactones) is 1. The van der Waals surface area contributed by atoms with Crippen LogP contribution in [0, 0.1) is 5.92 Å². The Bertz CT molecular complexity index is 532. The average molecular weight is 342 g/mol. The highest BCUT2D eigenvalue weighted by Gasteiger charge is 2.47. The summed E-state index contributed by atoms with van der Waals surface area (Å²) in [5.41, 5.74) is 0.854. The number of carbonyl (C=O) groups is 2. The molecule has 0 unspecified atom stereocenters. The number of carboxylic acid groups (broad SMARTS) is 1. The van der Waals surface area contributed by atoms with Crippen LogP contribution in [-0.2, 0) is 16.1 Å². The van der Waals surface area contributed by atoms with E-state index in [1.54, 1.807) is 0 Å². The smallest absolute Gasteiger partial charge is 0.411 e. The van der Waals surface area contributed by atoms with E-state index >= 15 is 0 Å². The van der Waals surface area contributed by atoms with Crippen LogP contribution in [0.4, 0.5) is 4.79 Å². The Morgan fingerprint density at radius 1 is 1.50 bits per heavy atom. The molecule has 0 spiro atoms. The van der Waals surface area contributed by atoms with Crippen molar-refractivity contribution in [3.63, 3.8) is 0 Å². The van der Waals surface area contributed by atoms with E-state index in [1.807, 2.05) is 38.1 Å². The van der Waals surface area contributed by atoms with Crippen molar-refractivity contribution >= 4 is 28.0 Å². The van der Waals surface area contributed by atoms with Gasteiger partial charge in [0.15, 0.2) is 6.04 Å². The Kier molecular flexibility index (Phi) is 4.32. The van der Waals surface area contributed by atoms with Gasteiger partial charge in [0.1, 0.15) is 6.10 Å². The van der Waals surface area contributed by atoms with E-state index in [2.05, 4.69) is 15.9 Å². The lowest BCUT2D eigenvalue weighted by Crippen LogP contribution is -2.44. The van der Waals surface area contributed by atoms with Gasteiger partial charge < -0.3 is 9.84 Å². The molecule has 2 rings (SSSR count). The number of rotatable bonds is 4. The number of halogens is 1. The summed E-state index contributed by atoms with van der Waals surface area (Å²) >= 11 is 3.35. The lowest BCUT2D eigenvalue weighted by molar-refractivity contribution is -0.143. The molecule has 1 heterocycles. The van der Waals surface area contributed by atoms with Crippen LogP contribution < -0.4 is 0 Å². The summed E-state index contributed by atoms with van der Waals surface area (Å²) in [6, 6.07) is 6.48. The fourth-order valence-corrected chi connectivity index (χ4v) is 2.76. The molecule has 0 aliphatic carbocycles. The van der Waals surface area contributed by atoms with Gasteiger partial charge in [-0.15, -0.1) is 0 Å². The van der Waals surface area contributed by atoms with E-state index in [-0.39, 0.29) is 12.5 Å². The summed E-state index contributed by atoms with van der Waals surface area (Å²) in [5.74, 6) is -1.09. The minimum absolute atomic E-state index is 0.0486. The topological polar surface area (TPSA) is 66.8 Å². The molecule has 1 saturated heterocycles. The van der Waals surface area contributed by atoms with Gasteiger partial charge in [-0.05, 0) is 23.6 Å². The van der Waals surface area contributed by atoms with E-state index in [4.69, 9.17) is 4.74 Å². The molecule has 6 heteroatoms. The van der Waals surface area contributed by atoms with Crippen molar-refractivity contribution in [3.05, 3.63) is 34.3 Å². The first-order valence-electron chi connectivity index (χ1n) is 6.34. The highest BCUT2D eigenvalue weighted by Crippen LogP contribution is 2.27. The summed E-state index contributed by atoms with van der Waals surface area (Å²) in [5, 5.41) is 9.37. The fraction of sp³-hybridized carbons (Fsp3) is 0.429. The third-order valence-electron chi connectivity index (χ3n) is 3.27. The highest BCUT2D eigenvalue weighted by atomic mass is 79.9. The number of benzene rings is 1. The summed E-state index contributed by atoms with van der Waals surface area (Å²) in [4.78, 5) is 24.6. The van der Waals surface area contributed by atoms with Crippen LogP contribution >= 0.6 is 15.9 Å². The third-order valence-corrected chi connectivity index (χ3v) is 3.76. The number of carboxylic acids is 1. The highest BCUT2D eigenvalue weighted by molar-refractivity contribution is 9.10. The maximum absolute atomic E-state index is 11.9. The molecule has 1 N–H and O–H groups in total. The zero-order valence-electron chi connectivity index (χ0n) is 11.2. The summed E-state index contributed by atoms with van der Waals surface area (Å²) < 4.78 is 6.09. The monoisotopic (exact) mass is 341 g/mol. The quantitative estimate of drug-likeness (QED) is 0.914. The van der Waals surface area contributed by atoms with Crippen molar-refractivity contribution in [2.75, 3.05) is 0 Å². The van der Waals surface area contributed by atoms with Crippen LogP contribution in [0.25, 0.3) is 0 Å². The lowest BCUT2D eigenvalue weighted by Gasteiger charge is -2.22. The SMILES string of the molecule is CC(C)[C@@H]1OC(=O)N(Cc2cccc(Br)c2)[C@H]1C(=O)O. The zero-order valence-corrected chi connectivity index (χ0v) is 12.8. The van der Waals surface area contributed by atoms with Crippen molar-refractivity contribution in [2.24, 2.45) is 5.92 Å². The lowest BCUT2D eigenvalue weighted by atomic mass is 9.99. The average Bonchev–Trinajstić information content (AvgIpc) is 2.67. The third kappa shape index (κ3) is 2.95. The molecule has 1 aromatic rings. The molecule has 5 nitrogen and oxygen atoms in total. The van der Waals surface area contributed by atoms with E-state index in [1.165, 1.54) is 4.90 Å². The predicted octanol–water partition coefficient (Wildman–Crippen LogP) is 2.88. The first-order valence-corrected chi connectivity index (χ1v) is 7.14. The largest absolute Gasteiger partial charge is 0.480 e. The summed E-state index contributed by atoms with van der Waals surface area (Å²) in [7, 11) is 0. The van der Waals surface area contributed by atoms with Crippen molar-refractivity contribution in [3.8, 4) is 0 Å². The molecule has 1 amide bonds. The molecule has 0 saturated carbocycles. The second kappa shape index (κ2) is 5.83. The van der Waals surface area contributed by atoms with Crippen molar-refractivity contribution in [1.82, 2.24) is 4.90 Å². The number of aliphatic carboxylic acids is 1. The van der Waals surface area contributed by atoms with Crippen LogP contribution in [0.1, 0.15) is 19.4 Å². The molecule has 1 aliphatic rings. The minimum Gasteiger partial charge on any atom is -0.480 e. The molecule has 0 radical (unpaired) electrons. The Morgan fingerprint density at radius 2 is 2.20 bits per heavy atom. The van der Waals surface area contributed by atoms with Gasteiger partial charge in [0.25, 0.3) is 0 Å². The van der Waals surface area contributed by atoms with Crippen molar-refractivity contribution in [1.29, 1.82) is 0 Å². The first-order chi connectivity index (χ1) is 9.40. The second-order valence-corrected chi connectivity index (χ2v) is 6.05. The van der Waals surface area contributed by atoms with E-state index < -0.39 is 24.2 Å². The molecule has 1 aliphatic heterocycles. The van der Waals surface area contributed by atoms with E-state index in [0.717, 1.165) is 10.0 Å². The standard InChI is InChI=1S/C14H16BrNO4/c1-8(2)12-11(13(17)18)16(14(19)20-12)7-9-4-3-5-10(15)6-9/h3-6,8,11-12H,7H2,1-2H3,(H,17,18)/t11-,12+/m1/s1. The van der Waals surface area contributed by atoms with Gasteiger partial charge in [-0.25, -0.2) is 9.59 Å². The first kappa shape index (κ1) is 14.8. The maximum Gasteiger partial charge on any atom is 0.411 e. The summed E-state index contributed by atoms with van der Waals surface area (Å²) in [6.07, 6.45) is -1.19. The van der Waals surface area contributed by atoms with Crippen molar-refractivity contribution in [2.45, 2.75) is 32.5 Å². The zero-order chi connectivity index (χ0) is 14.9. The number of hydrogen-bond donors (Lipinski definition) is 1. The van der Waals surface area contributed by atoms with Gasteiger partial charge >= 0.3 is 12.1 Å². The molecule has 108 valence electrons. The van der Waals surface area contributed by atoms with Crippen LogP contribution in [0.15, 0.2) is 28.7 Å². The second-order valence-electron chi connectivity index (χ2n) is 5.13. The van der Waals surface area contributed by atoms with Gasteiger partial charge in [0, 0.05) is 4.47 Å². The number of amides is 1. The Balaban J connectivity index is 2.24. The Labute approximate surface area is 125 Å². The van der Waals surface area contributed by atoms with Crippen molar-refractivity contribution < 1.29 is 19.4 Å². The molecule has 0 bridgehead atoms. The molecule has 0 aromatic heterocycles.